The average Bonchev–Trinajstić information content (AvgIpc) is 2.19. The molecule has 0 aromatic carbocycles. The van der Waals surface area contributed by atoms with Crippen molar-refractivity contribution >= 4 is 0 Å². The molecule has 0 amide bonds. The molecular formula is C13H25N. The highest BCUT2D eigenvalue weighted by Gasteiger charge is 2.07. The van der Waals surface area contributed by atoms with Crippen molar-refractivity contribution < 1.29 is 0 Å². The van der Waals surface area contributed by atoms with Crippen molar-refractivity contribution in [3.8, 4) is 0 Å². The Hall–Kier alpha value is -0.300. The summed E-state index contributed by atoms with van der Waals surface area (Å²) in [5.74, 6) is 0.746. The summed E-state index contributed by atoms with van der Waals surface area (Å²) in [6, 6.07) is 0.652. The van der Waals surface area contributed by atoms with Crippen molar-refractivity contribution in [3.63, 3.8) is 0 Å². The minimum absolute atomic E-state index is 0.652. The van der Waals surface area contributed by atoms with Crippen LogP contribution in [-0.2, 0) is 0 Å². The standard InChI is InChI=1S/C13H25N/c1-11(2)12(3)14-10-9-13-7-5-4-6-8-13/h7,11-12,14H,4-6,8-10H2,1-3H3/t12-/m0/s1. The molecule has 0 saturated carbocycles. The zero-order chi connectivity index (χ0) is 10.4. The minimum atomic E-state index is 0.652. The van der Waals surface area contributed by atoms with Crippen LogP contribution in [0.25, 0.3) is 0 Å². The van der Waals surface area contributed by atoms with E-state index in [9.17, 15) is 0 Å². The third kappa shape index (κ3) is 4.28. The van der Waals surface area contributed by atoms with Gasteiger partial charge in [-0.05, 0) is 51.5 Å². The predicted octanol–water partition coefficient (Wildman–Crippen LogP) is 3.51. The summed E-state index contributed by atoms with van der Waals surface area (Å²) in [6.07, 6.45) is 9.18. The molecule has 1 rings (SSSR count). The van der Waals surface area contributed by atoms with E-state index < -0.39 is 0 Å². The summed E-state index contributed by atoms with van der Waals surface area (Å²) < 4.78 is 0. The highest BCUT2D eigenvalue weighted by Crippen LogP contribution is 2.19. The van der Waals surface area contributed by atoms with Crippen LogP contribution < -0.4 is 5.32 Å². The second-order valence-corrected chi connectivity index (χ2v) is 4.84. The van der Waals surface area contributed by atoms with Crippen LogP contribution in [0.1, 0.15) is 52.9 Å². The molecule has 1 aliphatic rings. The van der Waals surface area contributed by atoms with E-state index in [1.54, 1.807) is 5.57 Å². The van der Waals surface area contributed by atoms with Crippen molar-refractivity contribution in [2.75, 3.05) is 6.54 Å². The van der Waals surface area contributed by atoms with Crippen LogP contribution in [0.2, 0.25) is 0 Å². The molecule has 0 bridgehead atoms. The second kappa shape index (κ2) is 6.23. The van der Waals surface area contributed by atoms with Crippen LogP contribution in [-0.4, -0.2) is 12.6 Å². The van der Waals surface area contributed by atoms with E-state index in [2.05, 4.69) is 32.2 Å². The van der Waals surface area contributed by atoms with Gasteiger partial charge in [-0.25, -0.2) is 0 Å². The third-order valence-corrected chi connectivity index (χ3v) is 3.30. The van der Waals surface area contributed by atoms with Gasteiger partial charge in [-0.2, -0.15) is 0 Å². The summed E-state index contributed by atoms with van der Waals surface area (Å²) in [6.45, 7) is 7.99. The van der Waals surface area contributed by atoms with Crippen LogP contribution in [0.3, 0.4) is 0 Å². The number of hydrogen-bond donors (Lipinski definition) is 1. The monoisotopic (exact) mass is 195 g/mol. The van der Waals surface area contributed by atoms with Gasteiger partial charge in [0.2, 0.25) is 0 Å². The van der Waals surface area contributed by atoms with Gasteiger partial charge in [0.25, 0.3) is 0 Å². The van der Waals surface area contributed by atoms with Crippen LogP contribution in [0.5, 0.6) is 0 Å². The van der Waals surface area contributed by atoms with E-state index in [4.69, 9.17) is 0 Å². The van der Waals surface area contributed by atoms with Gasteiger partial charge in [0.15, 0.2) is 0 Å². The lowest BCUT2D eigenvalue weighted by Gasteiger charge is -2.19. The normalized spacial score (nSPS) is 19.6. The van der Waals surface area contributed by atoms with Crippen LogP contribution in [0, 0.1) is 5.92 Å². The van der Waals surface area contributed by atoms with Crippen molar-refractivity contribution in [2.24, 2.45) is 5.92 Å². The Bertz CT molecular complexity index is 182. The first-order valence-corrected chi connectivity index (χ1v) is 6.11. The molecule has 0 radical (unpaired) electrons. The van der Waals surface area contributed by atoms with E-state index in [1.165, 1.54) is 32.1 Å². The molecule has 14 heavy (non-hydrogen) atoms. The fourth-order valence-electron chi connectivity index (χ4n) is 1.83. The lowest BCUT2D eigenvalue weighted by atomic mass is 9.97. The van der Waals surface area contributed by atoms with E-state index >= 15 is 0 Å². The fraction of sp³-hybridized carbons (Fsp3) is 0.846. The van der Waals surface area contributed by atoms with Crippen molar-refractivity contribution in [1.29, 1.82) is 0 Å². The lowest BCUT2D eigenvalue weighted by Crippen LogP contribution is -2.31. The molecule has 0 spiro atoms. The van der Waals surface area contributed by atoms with Gasteiger partial charge in [-0.3, -0.25) is 0 Å². The van der Waals surface area contributed by atoms with Gasteiger partial charge < -0.3 is 5.32 Å². The highest BCUT2D eigenvalue weighted by molar-refractivity contribution is 5.05. The van der Waals surface area contributed by atoms with Crippen LogP contribution in [0.4, 0.5) is 0 Å². The molecule has 0 aromatic rings. The maximum atomic E-state index is 3.59. The Morgan fingerprint density at radius 3 is 2.64 bits per heavy atom. The van der Waals surface area contributed by atoms with Gasteiger partial charge in [-0.15, -0.1) is 0 Å². The quantitative estimate of drug-likeness (QED) is 0.662. The molecule has 0 unspecified atom stereocenters. The molecule has 0 heterocycles. The largest absolute Gasteiger partial charge is 0.314 e. The smallest absolute Gasteiger partial charge is 0.00618 e. The van der Waals surface area contributed by atoms with Gasteiger partial charge >= 0.3 is 0 Å². The maximum absolute atomic E-state index is 3.59. The van der Waals surface area contributed by atoms with Crippen LogP contribution in [0.15, 0.2) is 11.6 Å². The van der Waals surface area contributed by atoms with Crippen molar-refractivity contribution in [1.82, 2.24) is 5.32 Å². The van der Waals surface area contributed by atoms with Crippen molar-refractivity contribution in [3.05, 3.63) is 11.6 Å². The molecular weight excluding hydrogens is 170 g/mol. The first-order chi connectivity index (χ1) is 6.70. The fourth-order valence-corrected chi connectivity index (χ4v) is 1.83. The van der Waals surface area contributed by atoms with Crippen molar-refractivity contribution in [2.45, 2.75) is 58.9 Å². The molecule has 0 fully saturated rings. The Kier molecular flexibility index (Phi) is 5.24. The zero-order valence-corrected chi connectivity index (χ0v) is 9.97. The lowest BCUT2D eigenvalue weighted by molar-refractivity contribution is 0.428. The molecule has 1 aliphatic carbocycles. The van der Waals surface area contributed by atoms with Gasteiger partial charge in [0.05, 0.1) is 0 Å². The molecule has 1 heteroatoms. The summed E-state index contributed by atoms with van der Waals surface area (Å²) in [5, 5.41) is 3.59. The summed E-state index contributed by atoms with van der Waals surface area (Å²) >= 11 is 0. The summed E-state index contributed by atoms with van der Waals surface area (Å²) in [4.78, 5) is 0. The predicted molar refractivity (Wildman–Crippen MR) is 63.5 cm³/mol. The zero-order valence-electron chi connectivity index (χ0n) is 9.97. The van der Waals surface area contributed by atoms with Gasteiger partial charge in [0, 0.05) is 6.04 Å². The topological polar surface area (TPSA) is 12.0 Å². The molecule has 1 nitrogen and oxygen atoms in total. The molecule has 0 aliphatic heterocycles. The van der Waals surface area contributed by atoms with E-state index in [0.717, 1.165) is 12.5 Å². The number of nitrogens with one attached hydrogen (secondary N) is 1. The van der Waals surface area contributed by atoms with Gasteiger partial charge in [0.1, 0.15) is 0 Å². The van der Waals surface area contributed by atoms with Crippen LogP contribution >= 0.6 is 0 Å². The molecule has 0 aromatic heterocycles. The first kappa shape index (κ1) is 11.8. The number of rotatable bonds is 5. The Labute approximate surface area is 89.0 Å². The van der Waals surface area contributed by atoms with E-state index in [1.807, 2.05) is 0 Å². The Balaban J connectivity index is 2.11. The first-order valence-electron chi connectivity index (χ1n) is 6.11. The molecule has 0 saturated heterocycles. The van der Waals surface area contributed by atoms with E-state index in [0.29, 0.717) is 6.04 Å². The summed E-state index contributed by atoms with van der Waals surface area (Å²) in [7, 11) is 0. The molecule has 1 atom stereocenters. The SMILES string of the molecule is CC(C)[C@H](C)NCCC1=CCCCC1. The molecule has 1 N–H and O–H groups in total. The third-order valence-electron chi connectivity index (χ3n) is 3.30. The van der Waals surface area contributed by atoms with E-state index in [-0.39, 0.29) is 0 Å². The Morgan fingerprint density at radius 1 is 1.29 bits per heavy atom. The number of allylic oxidation sites excluding steroid dienone is 1. The maximum Gasteiger partial charge on any atom is 0.00618 e. The summed E-state index contributed by atoms with van der Waals surface area (Å²) in [5.41, 5.74) is 1.68. The number of hydrogen-bond acceptors (Lipinski definition) is 1. The average molecular weight is 195 g/mol. The highest BCUT2D eigenvalue weighted by atomic mass is 14.9. The minimum Gasteiger partial charge on any atom is -0.314 e. The molecule has 82 valence electrons. The second-order valence-electron chi connectivity index (χ2n) is 4.84. The van der Waals surface area contributed by atoms with Gasteiger partial charge in [-0.1, -0.05) is 25.5 Å². The Morgan fingerprint density at radius 2 is 2.07 bits per heavy atom.